The molecule has 1 aliphatic rings. The molecule has 13 heteroatoms. The highest BCUT2D eigenvalue weighted by Crippen LogP contribution is 2.35. The molecule has 0 fully saturated rings. The Morgan fingerprint density at radius 1 is 1.20 bits per heavy atom. The number of rotatable bonds is 14. The Morgan fingerprint density at radius 3 is 2.66 bits per heavy atom. The van der Waals surface area contributed by atoms with Crippen LogP contribution in [0.4, 0.5) is 4.79 Å². The second-order valence-electron chi connectivity index (χ2n) is 8.54. The number of carbonyl (C=O) groups is 2. The second-order valence-corrected chi connectivity index (χ2v) is 9.46. The van der Waals surface area contributed by atoms with Gasteiger partial charge in [-0.3, -0.25) is 5.43 Å². The van der Waals surface area contributed by atoms with Gasteiger partial charge >= 0.3 is 12.0 Å². The fourth-order valence-electron chi connectivity index (χ4n) is 3.95. The van der Waals surface area contributed by atoms with Gasteiger partial charge in [-0.25, -0.2) is 9.59 Å². The molecular weight excluding hydrogens is 600 g/mol. The number of urea groups is 1. The van der Waals surface area contributed by atoms with Crippen molar-refractivity contribution in [1.29, 1.82) is 0 Å². The monoisotopic (exact) mass is 632 g/mol. The number of methoxy groups -OCH3 is 2. The summed E-state index contributed by atoms with van der Waals surface area (Å²) in [6, 6.07) is 7.32. The van der Waals surface area contributed by atoms with Gasteiger partial charge in [0.2, 0.25) is 0 Å². The Kier molecular flexibility index (Phi) is 11.4. The number of hydrazone groups is 1. The van der Waals surface area contributed by atoms with Gasteiger partial charge in [-0.05, 0) is 43.7 Å². The van der Waals surface area contributed by atoms with Gasteiger partial charge in [0.05, 0.1) is 38.7 Å². The maximum Gasteiger partial charge on any atom is 0.337 e. The lowest BCUT2D eigenvalue weighted by atomic mass is 9.95. The molecule has 3 rings (SSSR count). The van der Waals surface area contributed by atoms with E-state index in [0.29, 0.717) is 46.4 Å². The van der Waals surface area contributed by atoms with E-state index < -0.39 is 24.3 Å². The zero-order chi connectivity index (χ0) is 29.9. The maximum atomic E-state index is 12.4. The van der Waals surface area contributed by atoms with Crippen LogP contribution in [-0.4, -0.2) is 63.6 Å². The van der Waals surface area contributed by atoms with Crippen LogP contribution in [0.3, 0.4) is 0 Å². The van der Waals surface area contributed by atoms with E-state index in [1.54, 1.807) is 43.3 Å². The molecule has 2 atom stereocenters. The van der Waals surface area contributed by atoms with Gasteiger partial charge in [0, 0.05) is 15.7 Å². The normalized spacial score (nSPS) is 15.5. The highest BCUT2D eigenvalue weighted by atomic mass is 79.9. The van der Waals surface area contributed by atoms with Crippen molar-refractivity contribution < 1.29 is 38.4 Å². The van der Waals surface area contributed by atoms with Crippen molar-refractivity contribution in [3.8, 4) is 23.0 Å². The summed E-state index contributed by atoms with van der Waals surface area (Å²) in [7, 11) is 2.80. The number of halogens is 1. The van der Waals surface area contributed by atoms with Crippen LogP contribution in [0.15, 0.2) is 63.8 Å². The molecule has 2 aromatic rings. The third kappa shape index (κ3) is 8.14. The predicted molar refractivity (Wildman–Crippen MR) is 155 cm³/mol. The van der Waals surface area contributed by atoms with Crippen LogP contribution in [0.5, 0.6) is 23.0 Å². The number of aliphatic hydroxyl groups is 1. The first-order valence-electron chi connectivity index (χ1n) is 12.6. The van der Waals surface area contributed by atoms with E-state index in [0.717, 1.165) is 4.47 Å². The Balaban J connectivity index is 1.73. The Labute approximate surface area is 246 Å². The van der Waals surface area contributed by atoms with Gasteiger partial charge in [0.25, 0.3) is 0 Å². The minimum absolute atomic E-state index is 0.172. The third-order valence-corrected chi connectivity index (χ3v) is 6.17. The highest BCUT2D eigenvalue weighted by Gasteiger charge is 2.32. The van der Waals surface area contributed by atoms with Crippen molar-refractivity contribution in [2.75, 3.05) is 34.0 Å². The van der Waals surface area contributed by atoms with Crippen LogP contribution in [-0.2, 0) is 9.53 Å². The molecule has 2 amide bonds. The predicted octanol–water partition coefficient (Wildman–Crippen LogP) is 3.54. The van der Waals surface area contributed by atoms with Crippen molar-refractivity contribution in [1.82, 2.24) is 16.1 Å². The smallest absolute Gasteiger partial charge is 0.337 e. The number of allylic oxidation sites excluding steroid dienone is 1. The molecule has 0 bridgehead atoms. The molecule has 0 unspecified atom stereocenters. The van der Waals surface area contributed by atoms with Crippen LogP contribution >= 0.6 is 15.9 Å². The van der Waals surface area contributed by atoms with Gasteiger partial charge in [-0.1, -0.05) is 34.7 Å². The number of nitrogens with one attached hydrogen (secondary N) is 3. The van der Waals surface area contributed by atoms with E-state index in [4.69, 9.17) is 23.7 Å². The van der Waals surface area contributed by atoms with Gasteiger partial charge in [0.15, 0.2) is 29.2 Å². The Hall–Kier alpha value is -4.23. The van der Waals surface area contributed by atoms with Crippen LogP contribution in [0.1, 0.15) is 31.0 Å². The number of nitrogens with zero attached hydrogens (tertiary/aromatic N) is 1. The molecule has 0 saturated carbocycles. The first kappa shape index (κ1) is 31.3. The summed E-state index contributed by atoms with van der Waals surface area (Å²) in [4.78, 5) is 24.5. The van der Waals surface area contributed by atoms with Crippen molar-refractivity contribution >= 4 is 34.1 Å². The lowest BCUT2D eigenvalue weighted by Crippen LogP contribution is -2.45. The number of benzene rings is 2. The molecule has 0 saturated heterocycles. The van der Waals surface area contributed by atoms with E-state index in [1.807, 2.05) is 6.92 Å². The summed E-state index contributed by atoms with van der Waals surface area (Å²) in [5.74, 6) is 1.11. The number of aliphatic hydroxyl groups excluding tert-OH is 1. The molecule has 41 heavy (non-hydrogen) atoms. The molecule has 4 N–H and O–H groups in total. The van der Waals surface area contributed by atoms with Crippen LogP contribution in [0.25, 0.3) is 0 Å². The van der Waals surface area contributed by atoms with E-state index >= 15 is 0 Å². The summed E-state index contributed by atoms with van der Waals surface area (Å²) in [6.07, 6.45) is 1.92. The SMILES string of the molecule is C=CCOc1c(/C=N/N[C@H](O)COc2ccc([C@H]3NC(=O)NC(C)=C3C(=O)OC)cc2OCC)cc(Br)cc1OC. The minimum atomic E-state index is -1.17. The number of hydrogen-bond acceptors (Lipinski definition) is 10. The molecule has 0 aliphatic carbocycles. The van der Waals surface area contributed by atoms with Crippen molar-refractivity contribution in [3.05, 3.63) is 69.9 Å². The fourth-order valence-corrected chi connectivity index (χ4v) is 4.40. The zero-order valence-electron chi connectivity index (χ0n) is 23.2. The lowest BCUT2D eigenvalue weighted by Gasteiger charge is -2.28. The maximum absolute atomic E-state index is 12.4. The van der Waals surface area contributed by atoms with Crippen molar-refractivity contribution in [3.63, 3.8) is 0 Å². The molecule has 2 aromatic carbocycles. The first-order valence-corrected chi connectivity index (χ1v) is 13.4. The standard InChI is InChI=1S/C28H33BrN4O8/c1-6-10-40-26-18(11-19(29)13-22(26)37-4)14-30-33-23(34)15-41-20-9-8-17(12-21(20)39-7-2)25-24(27(35)38-5)16(3)31-28(36)32-25/h6,8-9,11-14,23,25,33-34H,1,7,10,15H2,2-5H3,(H2,31,32,36)/b30-14+/t23-,25-/m1/s1. The lowest BCUT2D eigenvalue weighted by molar-refractivity contribution is -0.136. The Morgan fingerprint density at radius 2 is 1.98 bits per heavy atom. The van der Waals surface area contributed by atoms with E-state index in [-0.39, 0.29) is 18.8 Å². The molecular formula is C28H33BrN4O8. The molecule has 0 spiro atoms. The molecule has 220 valence electrons. The van der Waals surface area contributed by atoms with Gasteiger partial charge in [-0.2, -0.15) is 5.10 Å². The van der Waals surface area contributed by atoms with E-state index in [2.05, 4.69) is 43.7 Å². The number of carbonyl (C=O) groups excluding carboxylic acids is 2. The average molecular weight is 633 g/mol. The van der Waals surface area contributed by atoms with E-state index in [9.17, 15) is 14.7 Å². The topological polar surface area (TPSA) is 149 Å². The summed E-state index contributed by atoms with van der Waals surface area (Å²) >= 11 is 3.43. The number of hydrogen-bond donors (Lipinski definition) is 4. The first-order chi connectivity index (χ1) is 19.7. The van der Waals surface area contributed by atoms with Crippen molar-refractivity contribution in [2.24, 2.45) is 5.10 Å². The number of ether oxygens (including phenoxy) is 5. The van der Waals surface area contributed by atoms with Crippen LogP contribution in [0.2, 0.25) is 0 Å². The van der Waals surface area contributed by atoms with E-state index in [1.165, 1.54) is 20.4 Å². The molecule has 0 aromatic heterocycles. The van der Waals surface area contributed by atoms with Gasteiger partial charge in [0.1, 0.15) is 13.2 Å². The second kappa shape index (κ2) is 15.0. The van der Waals surface area contributed by atoms with Gasteiger partial charge in [-0.15, -0.1) is 0 Å². The average Bonchev–Trinajstić information content (AvgIpc) is 2.95. The fraction of sp³-hybridized carbons (Fsp3) is 0.321. The summed E-state index contributed by atoms with van der Waals surface area (Å²) in [5.41, 5.74) is 4.45. The largest absolute Gasteiger partial charge is 0.493 e. The highest BCUT2D eigenvalue weighted by molar-refractivity contribution is 9.10. The van der Waals surface area contributed by atoms with Gasteiger partial charge < -0.3 is 39.4 Å². The molecule has 1 aliphatic heterocycles. The number of amides is 2. The van der Waals surface area contributed by atoms with Crippen LogP contribution in [0, 0.1) is 0 Å². The summed E-state index contributed by atoms with van der Waals surface area (Å²) in [6.45, 7) is 7.52. The molecule has 1 heterocycles. The summed E-state index contributed by atoms with van der Waals surface area (Å²) < 4.78 is 28.3. The van der Waals surface area contributed by atoms with Crippen LogP contribution < -0.4 is 35.0 Å². The third-order valence-electron chi connectivity index (χ3n) is 5.71. The zero-order valence-corrected chi connectivity index (χ0v) is 24.7. The summed E-state index contributed by atoms with van der Waals surface area (Å²) in [5, 5.41) is 19.9. The van der Waals surface area contributed by atoms with Crippen molar-refractivity contribution in [2.45, 2.75) is 26.1 Å². The number of esters is 1. The quantitative estimate of drug-likeness (QED) is 0.0806. The minimum Gasteiger partial charge on any atom is -0.493 e. The Bertz CT molecular complexity index is 1330. The molecule has 12 nitrogen and oxygen atoms in total. The molecule has 0 radical (unpaired) electrons.